The van der Waals surface area contributed by atoms with Gasteiger partial charge in [-0.2, -0.15) is 0 Å². The molecule has 7 heteroatoms. The molecule has 0 aliphatic rings. The molecule has 3 rings (SSSR count). The zero-order valence-corrected chi connectivity index (χ0v) is 16.3. The van der Waals surface area contributed by atoms with Crippen LogP contribution in [0.4, 0.5) is 11.6 Å². The lowest BCUT2D eigenvalue weighted by Crippen LogP contribution is -2.16. The molecule has 0 fully saturated rings. The Kier molecular flexibility index (Phi) is 6.52. The van der Waals surface area contributed by atoms with E-state index >= 15 is 0 Å². The van der Waals surface area contributed by atoms with Crippen molar-refractivity contribution in [1.82, 2.24) is 9.97 Å². The van der Waals surface area contributed by atoms with Crippen molar-refractivity contribution < 1.29 is 14.3 Å². The van der Waals surface area contributed by atoms with Gasteiger partial charge in [0.15, 0.2) is 0 Å². The zero-order valence-electron chi connectivity index (χ0n) is 16.3. The summed E-state index contributed by atoms with van der Waals surface area (Å²) in [6, 6.07) is 17.9. The third kappa shape index (κ3) is 5.38. The Balaban J connectivity index is 1.65. The number of rotatable bonds is 7. The van der Waals surface area contributed by atoms with E-state index in [1.807, 2.05) is 37.3 Å². The van der Waals surface area contributed by atoms with Crippen LogP contribution in [0.2, 0.25) is 0 Å². The smallest absolute Gasteiger partial charge is 0.338 e. The number of amides is 1. The number of benzene rings is 2. The monoisotopic (exact) mass is 390 g/mol. The highest BCUT2D eigenvalue weighted by molar-refractivity contribution is 6.03. The van der Waals surface area contributed by atoms with Crippen LogP contribution in [0, 0.1) is 0 Å². The first-order valence-electron chi connectivity index (χ1n) is 9.30. The molecule has 1 heterocycles. The van der Waals surface area contributed by atoms with Crippen molar-refractivity contribution in [1.29, 1.82) is 0 Å². The molecule has 1 atom stereocenters. The van der Waals surface area contributed by atoms with Gasteiger partial charge in [-0.1, -0.05) is 30.3 Å². The molecule has 2 aromatic carbocycles. The Morgan fingerprint density at radius 2 is 1.76 bits per heavy atom. The second-order valence-electron chi connectivity index (χ2n) is 6.29. The number of hydrogen-bond acceptors (Lipinski definition) is 6. The molecule has 1 aromatic heterocycles. The Labute approximate surface area is 169 Å². The van der Waals surface area contributed by atoms with E-state index < -0.39 is 5.97 Å². The summed E-state index contributed by atoms with van der Waals surface area (Å²) in [5, 5.41) is 5.96. The van der Waals surface area contributed by atoms with Gasteiger partial charge in [-0.15, -0.1) is 0 Å². The Bertz CT molecular complexity index is 975. The number of esters is 1. The van der Waals surface area contributed by atoms with Gasteiger partial charge in [-0.05, 0) is 49.7 Å². The minimum Gasteiger partial charge on any atom is -0.462 e. The van der Waals surface area contributed by atoms with Gasteiger partial charge in [-0.25, -0.2) is 14.8 Å². The van der Waals surface area contributed by atoms with Crippen LogP contribution in [0.1, 0.15) is 46.3 Å². The molecule has 0 saturated heterocycles. The molecule has 0 aliphatic carbocycles. The summed E-state index contributed by atoms with van der Waals surface area (Å²) in [7, 11) is 0. The standard InChI is InChI=1S/C22H22N4O3/c1-3-29-21(28)17-9-11-18(12-10-17)25-20(27)19-13-14-23-22(26-19)24-15(2)16-7-5-4-6-8-16/h4-15H,3H2,1-2H3,(H,25,27)(H,23,24,26). The predicted molar refractivity (Wildman–Crippen MR) is 111 cm³/mol. The molecule has 148 valence electrons. The van der Waals surface area contributed by atoms with Crippen molar-refractivity contribution in [2.24, 2.45) is 0 Å². The summed E-state index contributed by atoms with van der Waals surface area (Å²) in [6.07, 6.45) is 1.53. The van der Waals surface area contributed by atoms with Crippen LogP contribution in [-0.2, 0) is 4.74 Å². The molecule has 2 N–H and O–H groups in total. The van der Waals surface area contributed by atoms with Gasteiger partial charge < -0.3 is 15.4 Å². The molecule has 3 aromatic rings. The first-order chi connectivity index (χ1) is 14.1. The number of nitrogens with one attached hydrogen (secondary N) is 2. The predicted octanol–water partition coefficient (Wildman–Crippen LogP) is 4.08. The van der Waals surface area contributed by atoms with Gasteiger partial charge in [0, 0.05) is 11.9 Å². The highest BCUT2D eigenvalue weighted by Crippen LogP contribution is 2.17. The Hall–Kier alpha value is -3.74. The van der Waals surface area contributed by atoms with E-state index in [0.29, 0.717) is 23.8 Å². The van der Waals surface area contributed by atoms with Crippen LogP contribution in [-0.4, -0.2) is 28.5 Å². The van der Waals surface area contributed by atoms with Gasteiger partial charge in [0.05, 0.1) is 18.2 Å². The summed E-state index contributed by atoms with van der Waals surface area (Å²) in [6.45, 7) is 4.05. The number of anilines is 2. The highest BCUT2D eigenvalue weighted by Gasteiger charge is 2.12. The van der Waals surface area contributed by atoms with Crippen molar-refractivity contribution in [2.45, 2.75) is 19.9 Å². The molecule has 0 bridgehead atoms. The summed E-state index contributed by atoms with van der Waals surface area (Å²) >= 11 is 0. The lowest BCUT2D eigenvalue weighted by molar-refractivity contribution is 0.0526. The molecule has 29 heavy (non-hydrogen) atoms. The van der Waals surface area contributed by atoms with Crippen LogP contribution in [0.15, 0.2) is 66.9 Å². The van der Waals surface area contributed by atoms with E-state index in [1.165, 1.54) is 6.20 Å². The number of nitrogens with zero attached hydrogens (tertiary/aromatic N) is 2. The summed E-state index contributed by atoms with van der Waals surface area (Å²) in [5.41, 5.74) is 2.30. The van der Waals surface area contributed by atoms with Crippen molar-refractivity contribution in [3.63, 3.8) is 0 Å². The maximum absolute atomic E-state index is 12.5. The third-order valence-corrected chi connectivity index (χ3v) is 4.19. The molecule has 7 nitrogen and oxygen atoms in total. The molecule has 1 unspecified atom stereocenters. The van der Waals surface area contributed by atoms with E-state index in [1.54, 1.807) is 37.3 Å². The number of carbonyl (C=O) groups excluding carboxylic acids is 2. The Morgan fingerprint density at radius 3 is 2.45 bits per heavy atom. The van der Waals surface area contributed by atoms with Crippen molar-refractivity contribution >= 4 is 23.5 Å². The lowest BCUT2D eigenvalue weighted by Gasteiger charge is -2.14. The van der Waals surface area contributed by atoms with E-state index in [-0.39, 0.29) is 17.6 Å². The quantitative estimate of drug-likeness (QED) is 0.591. The molecule has 0 radical (unpaired) electrons. The number of carbonyl (C=O) groups is 2. The third-order valence-electron chi connectivity index (χ3n) is 4.19. The summed E-state index contributed by atoms with van der Waals surface area (Å²) < 4.78 is 4.94. The van der Waals surface area contributed by atoms with Crippen LogP contribution in [0.5, 0.6) is 0 Å². The highest BCUT2D eigenvalue weighted by atomic mass is 16.5. The van der Waals surface area contributed by atoms with Crippen molar-refractivity contribution in [3.8, 4) is 0 Å². The maximum atomic E-state index is 12.5. The molecule has 0 spiro atoms. The van der Waals surface area contributed by atoms with E-state index in [2.05, 4.69) is 20.6 Å². The minimum atomic E-state index is -0.399. The first-order valence-corrected chi connectivity index (χ1v) is 9.30. The molecule has 0 saturated carbocycles. The molecule has 0 aliphatic heterocycles. The van der Waals surface area contributed by atoms with Gasteiger partial charge in [0.1, 0.15) is 5.69 Å². The van der Waals surface area contributed by atoms with E-state index in [9.17, 15) is 9.59 Å². The molecular formula is C22H22N4O3. The average molecular weight is 390 g/mol. The second kappa shape index (κ2) is 9.45. The minimum absolute atomic E-state index is 0.00932. The number of hydrogen-bond donors (Lipinski definition) is 2. The lowest BCUT2D eigenvalue weighted by atomic mass is 10.1. The Morgan fingerprint density at radius 1 is 1.03 bits per heavy atom. The maximum Gasteiger partial charge on any atom is 0.338 e. The average Bonchev–Trinajstić information content (AvgIpc) is 2.75. The van der Waals surface area contributed by atoms with E-state index in [0.717, 1.165) is 5.56 Å². The normalized spacial score (nSPS) is 11.4. The molecule has 1 amide bonds. The fourth-order valence-electron chi connectivity index (χ4n) is 2.67. The van der Waals surface area contributed by atoms with E-state index in [4.69, 9.17) is 4.74 Å². The van der Waals surface area contributed by atoms with Gasteiger partial charge in [0.2, 0.25) is 5.95 Å². The van der Waals surface area contributed by atoms with Crippen molar-refractivity contribution in [2.75, 3.05) is 17.2 Å². The van der Waals surface area contributed by atoms with Crippen LogP contribution in [0.25, 0.3) is 0 Å². The van der Waals surface area contributed by atoms with Crippen LogP contribution >= 0.6 is 0 Å². The fraction of sp³-hybridized carbons (Fsp3) is 0.182. The fourth-order valence-corrected chi connectivity index (χ4v) is 2.67. The molecular weight excluding hydrogens is 368 g/mol. The van der Waals surface area contributed by atoms with Crippen LogP contribution < -0.4 is 10.6 Å². The summed E-state index contributed by atoms with van der Waals surface area (Å²) in [4.78, 5) is 32.7. The number of aromatic nitrogens is 2. The van der Waals surface area contributed by atoms with Gasteiger partial charge >= 0.3 is 5.97 Å². The van der Waals surface area contributed by atoms with Gasteiger partial charge in [-0.3, -0.25) is 4.79 Å². The zero-order chi connectivity index (χ0) is 20.6. The topological polar surface area (TPSA) is 93.2 Å². The SMILES string of the molecule is CCOC(=O)c1ccc(NC(=O)c2ccnc(NC(C)c3ccccc3)n2)cc1. The first kappa shape index (κ1) is 20.0. The van der Waals surface area contributed by atoms with Gasteiger partial charge in [0.25, 0.3) is 5.91 Å². The second-order valence-corrected chi connectivity index (χ2v) is 6.29. The summed E-state index contributed by atoms with van der Waals surface area (Å²) in [5.74, 6) is -0.400. The van der Waals surface area contributed by atoms with Crippen LogP contribution in [0.3, 0.4) is 0 Å². The largest absolute Gasteiger partial charge is 0.462 e. The van der Waals surface area contributed by atoms with Crippen molar-refractivity contribution in [3.05, 3.63) is 83.7 Å². The number of ether oxygens (including phenoxy) is 1.